The lowest BCUT2D eigenvalue weighted by Gasteiger charge is -2.46. The van der Waals surface area contributed by atoms with Crippen molar-refractivity contribution in [2.24, 2.45) is 11.3 Å². The Hall–Kier alpha value is -0.0800. The van der Waals surface area contributed by atoms with Crippen LogP contribution >= 0.6 is 0 Å². The maximum absolute atomic E-state index is 8.64. The van der Waals surface area contributed by atoms with Crippen molar-refractivity contribution in [3.63, 3.8) is 0 Å². The number of aliphatic hydroxyl groups excluding tert-OH is 1. The quantitative estimate of drug-likeness (QED) is 0.686. The molecule has 1 fully saturated rings. The minimum atomic E-state index is 0.352. The lowest BCUT2D eigenvalue weighted by molar-refractivity contribution is 0.0237. The smallest absolute Gasteiger partial charge is 0.0431 e. The Kier molecular flexibility index (Phi) is 4.39. The lowest BCUT2D eigenvalue weighted by Crippen LogP contribution is -2.52. The average molecular weight is 199 g/mol. The van der Waals surface area contributed by atoms with Gasteiger partial charge in [-0.3, -0.25) is 0 Å². The van der Waals surface area contributed by atoms with Gasteiger partial charge in [-0.1, -0.05) is 20.8 Å². The zero-order chi connectivity index (χ0) is 10.6. The van der Waals surface area contributed by atoms with Crippen LogP contribution in [0.5, 0.6) is 0 Å². The molecule has 0 spiro atoms. The summed E-state index contributed by atoms with van der Waals surface area (Å²) < 4.78 is 0. The van der Waals surface area contributed by atoms with Gasteiger partial charge in [-0.05, 0) is 37.1 Å². The van der Waals surface area contributed by atoms with Crippen molar-refractivity contribution in [1.82, 2.24) is 4.90 Å². The van der Waals surface area contributed by atoms with Crippen LogP contribution < -0.4 is 0 Å². The van der Waals surface area contributed by atoms with Gasteiger partial charge in [-0.2, -0.15) is 0 Å². The standard InChI is InChI=1S/C12H25NO/c1-12(2,3)11-9-13(10-11)7-5-4-6-8-14/h11,14H,4-10H2,1-3H3. The molecule has 0 amide bonds. The third-order valence-electron chi connectivity index (χ3n) is 3.31. The number of hydrogen-bond donors (Lipinski definition) is 1. The largest absolute Gasteiger partial charge is 0.396 e. The highest BCUT2D eigenvalue weighted by Crippen LogP contribution is 2.33. The van der Waals surface area contributed by atoms with E-state index in [4.69, 9.17) is 5.11 Å². The first-order valence-electron chi connectivity index (χ1n) is 5.87. The average Bonchev–Trinajstić information content (AvgIpc) is 1.98. The first-order chi connectivity index (χ1) is 6.54. The Morgan fingerprint density at radius 1 is 1.14 bits per heavy atom. The summed E-state index contributed by atoms with van der Waals surface area (Å²) in [6, 6.07) is 0. The summed E-state index contributed by atoms with van der Waals surface area (Å²) in [6.45, 7) is 11.1. The van der Waals surface area contributed by atoms with Gasteiger partial charge >= 0.3 is 0 Å². The molecule has 0 saturated carbocycles. The monoisotopic (exact) mass is 199 g/mol. The first-order valence-corrected chi connectivity index (χ1v) is 5.87. The van der Waals surface area contributed by atoms with E-state index in [1.165, 1.54) is 32.5 Å². The van der Waals surface area contributed by atoms with Crippen LogP contribution in [0.1, 0.15) is 40.0 Å². The number of rotatable bonds is 5. The summed E-state index contributed by atoms with van der Waals surface area (Å²) in [5.41, 5.74) is 0.488. The SMILES string of the molecule is CC(C)(C)C1CN(CCCCCO)C1. The second-order valence-corrected chi connectivity index (χ2v) is 5.61. The number of hydrogen-bond acceptors (Lipinski definition) is 2. The van der Waals surface area contributed by atoms with Crippen molar-refractivity contribution in [2.45, 2.75) is 40.0 Å². The zero-order valence-electron chi connectivity index (χ0n) is 9.92. The van der Waals surface area contributed by atoms with Gasteiger partial charge < -0.3 is 10.0 Å². The molecule has 1 N–H and O–H groups in total. The molecule has 0 radical (unpaired) electrons. The van der Waals surface area contributed by atoms with Crippen molar-refractivity contribution >= 4 is 0 Å². The molecule has 0 unspecified atom stereocenters. The van der Waals surface area contributed by atoms with Gasteiger partial charge in [0.25, 0.3) is 0 Å². The summed E-state index contributed by atoms with van der Waals surface area (Å²) in [5, 5.41) is 8.64. The summed E-state index contributed by atoms with van der Waals surface area (Å²) in [6.07, 6.45) is 3.39. The predicted octanol–water partition coefficient (Wildman–Crippen LogP) is 2.13. The van der Waals surface area contributed by atoms with E-state index < -0.39 is 0 Å². The number of aliphatic hydroxyl groups is 1. The normalized spacial score (nSPS) is 19.7. The van der Waals surface area contributed by atoms with Gasteiger partial charge in [0, 0.05) is 19.7 Å². The van der Waals surface area contributed by atoms with E-state index in [-0.39, 0.29) is 0 Å². The Bertz CT molecular complexity index is 156. The minimum Gasteiger partial charge on any atom is -0.396 e. The lowest BCUT2D eigenvalue weighted by atomic mass is 9.76. The molecule has 1 saturated heterocycles. The second kappa shape index (κ2) is 5.13. The van der Waals surface area contributed by atoms with Crippen LogP contribution in [-0.2, 0) is 0 Å². The van der Waals surface area contributed by atoms with Gasteiger partial charge in [0.05, 0.1) is 0 Å². The van der Waals surface area contributed by atoms with Crippen molar-refractivity contribution in [3.05, 3.63) is 0 Å². The molecule has 0 atom stereocenters. The summed E-state index contributed by atoms with van der Waals surface area (Å²) in [4.78, 5) is 2.54. The molecule has 1 heterocycles. The third kappa shape index (κ3) is 3.58. The second-order valence-electron chi connectivity index (χ2n) is 5.61. The van der Waals surface area contributed by atoms with Gasteiger partial charge in [0.15, 0.2) is 0 Å². The minimum absolute atomic E-state index is 0.352. The molecule has 14 heavy (non-hydrogen) atoms. The van der Waals surface area contributed by atoms with Crippen molar-refractivity contribution < 1.29 is 5.11 Å². The molecular formula is C12H25NO. The van der Waals surface area contributed by atoms with Gasteiger partial charge in [0.1, 0.15) is 0 Å². The van der Waals surface area contributed by atoms with Gasteiger partial charge in [-0.15, -0.1) is 0 Å². The Morgan fingerprint density at radius 3 is 2.29 bits per heavy atom. The third-order valence-corrected chi connectivity index (χ3v) is 3.31. The molecule has 0 bridgehead atoms. The Morgan fingerprint density at radius 2 is 1.79 bits per heavy atom. The molecule has 1 rings (SSSR count). The molecule has 2 heteroatoms. The maximum atomic E-state index is 8.64. The molecule has 0 aromatic heterocycles. The molecule has 2 nitrogen and oxygen atoms in total. The van der Waals surface area contributed by atoms with E-state index in [1.807, 2.05) is 0 Å². The van der Waals surface area contributed by atoms with Crippen LogP contribution in [0.4, 0.5) is 0 Å². The number of likely N-dealkylation sites (tertiary alicyclic amines) is 1. The Balaban J connectivity index is 1.99. The van der Waals surface area contributed by atoms with E-state index >= 15 is 0 Å². The van der Waals surface area contributed by atoms with Crippen LogP contribution in [0.25, 0.3) is 0 Å². The zero-order valence-corrected chi connectivity index (χ0v) is 9.92. The molecular weight excluding hydrogens is 174 g/mol. The van der Waals surface area contributed by atoms with Gasteiger partial charge in [-0.25, -0.2) is 0 Å². The molecule has 1 aliphatic rings. The summed E-state index contributed by atoms with van der Waals surface area (Å²) in [5.74, 6) is 0.889. The van der Waals surface area contributed by atoms with Crippen LogP contribution in [0.2, 0.25) is 0 Å². The highest BCUT2D eigenvalue weighted by molar-refractivity contribution is 4.87. The summed E-state index contributed by atoms with van der Waals surface area (Å²) >= 11 is 0. The highest BCUT2D eigenvalue weighted by atomic mass is 16.2. The highest BCUT2D eigenvalue weighted by Gasteiger charge is 2.34. The topological polar surface area (TPSA) is 23.5 Å². The molecule has 84 valence electrons. The van der Waals surface area contributed by atoms with E-state index in [1.54, 1.807) is 0 Å². The molecule has 0 aliphatic carbocycles. The van der Waals surface area contributed by atoms with Crippen LogP contribution in [0, 0.1) is 11.3 Å². The fraction of sp³-hybridized carbons (Fsp3) is 1.00. The van der Waals surface area contributed by atoms with Crippen LogP contribution in [0.3, 0.4) is 0 Å². The number of unbranched alkanes of at least 4 members (excludes halogenated alkanes) is 2. The fourth-order valence-electron chi connectivity index (χ4n) is 1.92. The van der Waals surface area contributed by atoms with E-state index in [2.05, 4.69) is 25.7 Å². The van der Waals surface area contributed by atoms with E-state index in [0.29, 0.717) is 12.0 Å². The van der Waals surface area contributed by atoms with E-state index in [9.17, 15) is 0 Å². The molecule has 0 aromatic rings. The maximum Gasteiger partial charge on any atom is 0.0431 e. The summed E-state index contributed by atoms with van der Waals surface area (Å²) in [7, 11) is 0. The predicted molar refractivity (Wildman–Crippen MR) is 60.3 cm³/mol. The van der Waals surface area contributed by atoms with Crippen LogP contribution in [0.15, 0.2) is 0 Å². The Labute approximate surface area is 88.3 Å². The number of nitrogens with zero attached hydrogens (tertiary/aromatic N) is 1. The fourth-order valence-corrected chi connectivity index (χ4v) is 1.92. The van der Waals surface area contributed by atoms with Crippen molar-refractivity contribution in [2.75, 3.05) is 26.2 Å². The molecule has 0 aromatic carbocycles. The van der Waals surface area contributed by atoms with Crippen molar-refractivity contribution in [1.29, 1.82) is 0 Å². The van der Waals surface area contributed by atoms with Crippen molar-refractivity contribution in [3.8, 4) is 0 Å². The van der Waals surface area contributed by atoms with Crippen LogP contribution in [-0.4, -0.2) is 36.2 Å². The van der Waals surface area contributed by atoms with E-state index in [0.717, 1.165) is 12.3 Å². The first kappa shape index (κ1) is 12.0. The van der Waals surface area contributed by atoms with Gasteiger partial charge in [0.2, 0.25) is 0 Å². The molecule has 1 aliphatic heterocycles.